The van der Waals surface area contributed by atoms with Crippen molar-refractivity contribution in [2.75, 3.05) is 11.9 Å². The van der Waals surface area contributed by atoms with Gasteiger partial charge in [-0.05, 0) is 38.0 Å². The summed E-state index contributed by atoms with van der Waals surface area (Å²) in [4.78, 5) is 12.1. The molecule has 1 aliphatic heterocycles. The minimum Gasteiger partial charge on any atom is -0.378 e. The van der Waals surface area contributed by atoms with Crippen molar-refractivity contribution in [2.24, 2.45) is 11.1 Å². The summed E-state index contributed by atoms with van der Waals surface area (Å²) in [6, 6.07) is 2.61. The third-order valence-corrected chi connectivity index (χ3v) is 4.74. The van der Waals surface area contributed by atoms with Gasteiger partial charge in [-0.3, -0.25) is 4.79 Å². The lowest BCUT2D eigenvalue weighted by Crippen LogP contribution is -2.28. The van der Waals surface area contributed by atoms with E-state index < -0.39 is 10.0 Å². The van der Waals surface area contributed by atoms with E-state index in [1.165, 1.54) is 12.1 Å². The number of carbonyl (C=O) groups excluding carboxylic acids is 1. The third-order valence-electron chi connectivity index (χ3n) is 3.55. The van der Waals surface area contributed by atoms with Gasteiger partial charge in [-0.25, -0.2) is 13.6 Å². The van der Waals surface area contributed by atoms with Crippen LogP contribution in [0.4, 0.5) is 5.69 Å². The maximum Gasteiger partial charge on any atom is 0.238 e. The van der Waals surface area contributed by atoms with Crippen LogP contribution in [0, 0.1) is 12.8 Å². The summed E-state index contributed by atoms with van der Waals surface area (Å²) in [6.45, 7) is 4.05. The summed E-state index contributed by atoms with van der Waals surface area (Å²) in [5.41, 5.74) is 0.930. The van der Waals surface area contributed by atoms with E-state index in [0.29, 0.717) is 24.3 Å². The van der Waals surface area contributed by atoms with Crippen molar-refractivity contribution in [1.29, 1.82) is 0 Å². The predicted molar refractivity (Wildman–Crippen MR) is 79.7 cm³/mol. The SMILES string of the molecule is Cc1cc(S(N)(=O)=O)cc(Cl)c1NC(=O)C1CCOC1C. The maximum atomic E-state index is 12.2. The fraction of sp³-hybridized carbons (Fsp3) is 0.462. The second-order valence-electron chi connectivity index (χ2n) is 5.10. The molecule has 6 nitrogen and oxygen atoms in total. The minimum atomic E-state index is -3.83. The summed E-state index contributed by atoms with van der Waals surface area (Å²) < 4.78 is 28.0. The largest absolute Gasteiger partial charge is 0.378 e. The number of nitrogens with two attached hydrogens (primary N) is 1. The van der Waals surface area contributed by atoms with Gasteiger partial charge in [0.25, 0.3) is 0 Å². The molecule has 0 saturated carbocycles. The molecule has 1 aromatic rings. The van der Waals surface area contributed by atoms with Crippen molar-refractivity contribution in [2.45, 2.75) is 31.3 Å². The molecule has 1 amide bonds. The smallest absolute Gasteiger partial charge is 0.238 e. The van der Waals surface area contributed by atoms with Crippen LogP contribution in [0.15, 0.2) is 17.0 Å². The van der Waals surface area contributed by atoms with E-state index >= 15 is 0 Å². The number of primary sulfonamides is 1. The van der Waals surface area contributed by atoms with Crippen LogP contribution in [0.3, 0.4) is 0 Å². The minimum absolute atomic E-state index is 0.0828. The standard InChI is InChI=1S/C13H17ClN2O4S/c1-7-5-9(21(15,18)19)6-11(14)12(7)16-13(17)10-3-4-20-8(10)2/h5-6,8,10H,3-4H2,1-2H3,(H,16,17)(H2,15,18,19). The van der Waals surface area contributed by atoms with Crippen LogP contribution in [0.25, 0.3) is 0 Å². The Kier molecular flexibility index (Phi) is 4.57. The fourth-order valence-electron chi connectivity index (χ4n) is 2.33. The number of aryl methyl sites for hydroxylation is 1. The fourth-order valence-corrected chi connectivity index (χ4v) is 3.33. The number of ether oxygens (including phenoxy) is 1. The van der Waals surface area contributed by atoms with Gasteiger partial charge in [0, 0.05) is 6.61 Å². The molecule has 8 heteroatoms. The summed E-state index contributed by atoms with van der Waals surface area (Å²) in [5, 5.41) is 7.95. The lowest BCUT2D eigenvalue weighted by molar-refractivity contribution is -0.121. The molecule has 0 bridgehead atoms. The Hall–Kier alpha value is -1.15. The molecular weight excluding hydrogens is 316 g/mol. The second kappa shape index (κ2) is 5.92. The highest BCUT2D eigenvalue weighted by atomic mass is 35.5. The zero-order valence-corrected chi connectivity index (χ0v) is 13.3. The summed E-state index contributed by atoms with van der Waals surface area (Å²) in [6.07, 6.45) is 0.506. The van der Waals surface area contributed by atoms with Crippen LogP contribution in [-0.4, -0.2) is 27.0 Å². The lowest BCUT2D eigenvalue weighted by atomic mass is 10.0. The summed E-state index contributed by atoms with van der Waals surface area (Å²) >= 11 is 6.06. The summed E-state index contributed by atoms with van der Waals surface area (Å²) in [7, 11) is -3.83. The van der Waals surface area contributed by atoms with E-state index in [4.69, 9.17) is 21.5 Å². The molecule has 0 aromatic heterocycles. The number of anilines is 1. The van der Waals surface area contributed by atoms with Gasteiger partial charge in [0.2, 0.25) is 15.9 Å². The van der Waals surface area contributed by atoms with E-state index in [2.05, 4.69) is 5.32 Å². The van der Waals surface area contributed by atoms with Crippen LogP contribution in [0.1, 0.15) is 18.9 Å². The Labute approximate surface area is 128 Å². The number of halogens is 1. The lowest BCUT2D eigenvalue weighted by Gasteiger charge is -2.17. The number of nitrogens with one attached hydrogen (secondary N) is 1. The number of sulfonamides is 1. The molecule has 2 unspecified atom stereocenters. The van der Waals surface area contributed by atoms with E-state index in [1.54, 1.807) is 6.92 Å². The molecule has 1 aliphatic rings. The topological polar surface area (TPSA) is 98.5 Å². The Balaban J connectivity index is 2.27. The molecule has 0 spiro atoms. The van der Waals surface area contributed by atoms with Gasteiger partial charge in [0.05, 0.1) is 27.6 Å². The molecular formula is C13H17ClN2O4S. The molecule has 2 rings (SSSR count). The Morgan fingerprint density at radius 1 is 1.48 bits per heavy atom. The maximum absolute atomic E-state index is 12.2. The van der Waals surface area contributed by atoms with Gasteiger partial charge in [-0.1, -0.05) is 11.6 Å². The average Bonchev–Trinajstić information content (AvgIpc) is 2.78. The number of hydrogen-bond acceptors (Lipinski definition) is 4. The summed E-state index contributed by atoms with van der Waals surface area (Å²) in [5.74, 6) is -0.424. The van der Waals surface area contributed by atoms with Crippen molar-refractivity contribution in [1.82, 2.24) is 0 Å². The molecule has 2 atom stereocenters. The normalized spacial score (nSPS) is 22.3. The van der Waals surface area contributed by atoms with Crippen molar-refractivity contribution in [3.63, 3.8) is 0 Å². The van der Waals surface area contributed by atoms with Crippen LogP contribution in [0.2, 0.25) is 5.02 Å². The van der Waals surface area contributed by atoms with Crippen molar-refractivity contribution in [3.05, 3.63) is 22.7 Å². The second-order valence-corrected chi connectivity index (χ2v) is 7.07. The molecule has 1 saturated heterocycles. The quantitative estimate of drug-likeness (QED) is 0.879. The number of rotatable bonds is 3. The van der Waals surface area contributed by atoms with Crippen LogP contribution in [-0.2, 0) is 19.6 Å². The van der Waals surface area contributed by atoms with Crippen LogP contribution >= 0.6 is 11.6 Å². The monoisotopic (exact) mass is 332 g/mol. The first-order valence-electron chi connectivity index (χ1n) is 6.45. The highest BCUT2D eigenvalue weighted by Gasteiger charge is 2.31. The number of carbonyl (C=O) groups is 1. The van der Waals surface area contributed by atoms with Crippen LogP contribution < -0.4 is 10.5 Å². The Morgan fingerprint density at radius 3 is 2.62 bits per heavy atom. The van der Waals surface area contributed by atoms with E-state index in [9.17, 15) is 13.2 Å². The molecule has 3 N–H and O–H groups in total. The van der Waals surface area contributed by atoms with Gasteiger partial charge >= 0.3 is 0 Å². The Morgan fingerprint density at radius 2 is 2.14 bits per heavy atom. The molecule has 0 aliphatic carbocycles. The first kappa shape index (κ1) is 16.2. The molecule has 1 fully saturated rings. The number of amides is 1. The molecule has 1 aromatic carbocycles. The van der Waals surface area contributed by atoms with Gasteiger partial charge in [-0.15, -0.1) is 0 Å². The molecule has 116 valence electrons. The van der Waals surface area contributed by atoms with Gasteiger partial charge in [-0.2, -0.15) is 0 Å². The van der Waals surface area contributed by atoms with Gasteiger partial charge in [0.1, 0.15) is 0 Å². The van der Waals surface area contributed by atoms with E-state index in [0.717, 1.165) is 0 Å². The first-order chi connectivity index (χ1) is 9.70. The van der Waals surface area contributed by atoms with Crippen molar-refractivity contribution >= 4 is 33.2 Å². The van der Waals surface area contributed by atoms with E-state index in [-0.39, 0.29) is 27.8 Å². The van der Waals surface area contributed by atoms with Crippen LogP contribution in [0.5, 0.6) is 0 Å². The highest BCUT2D eigenvalue weighted by molar-refractivity contribution is 7.89. The number of hydrogen-bond donors (Lipinski definition) is 2. The average molecular weight is 333 g/mol. The molecule has 21 heavy (non-hydrogen) atoms. The zero-order chi connectivity index (χ0) is 15.8. The molecule has 1 heterocycles. The number of benzene rings is 1. The van der Waals surface area contributed by atoms with Gasteiger partial charge in [0.15, 0.2) is 0 Å². The van der Waals surface area contributed by atoms with Crippen molar-refractivity contribution < 1.29 is 17.9 Å². The first-order valence-corrected chi connectivity index (χ1v) is 8.38. The third kappa shape index (κ3) is 3.55. The molecule has 0 radical (unpaired) electrons. The van der Waals surface area contributed by atoms with Gasteiger partial charge < -0.3 is 10.1 Å². The zero-order valence-electron chi connectivity index (χ0n) is 11.7. The predicted octanol–water partition coefficient (Wildman–Crippen LogP) is 1.66. The van der Waals surface area contributed by atoms with Crippen molar-refractivity contribution in [3.8, 4) is 0 Å². The Bertz CT molecular complexity index is 652. The highest BCUT2D eigenvalue weighted by Crippen LogP contribution is 2.30. The van der Waals surface area contributed by atoms with E-state index in [1.807, 2.05) is 6.92 Å².